The quantitative estimate of drug-likeness (QED) is 0.0673. The Kier molecular flexibility index (Phi) is 32.4. The molecular formula is C33H71F2NO2PS+. The second-order valence-electron chi connectivity index (χ2n) is 12.2. The van der Waals surface area contributed by atoms with Gasteiger partial charge in [0, 0.05) is 7.26 Å². The molecule has 7 heteroatoms. The van der Waals surface area contributed by atoms with Crippen LogP contribution in [0.25, 0.3) is 0 Å². The van der Waals surface area contributed by atoms with Crippen molar-refractivity contribution >= 4 is 17.3 Å². The molecule has 0 fully saturated rings. The van der Waals surface area contributed by atoms with E-state index < -0.39 is 23.0 Å². The molecule has 0 aromatic carbocycles. The lowest BCUT2D eigenvalue weighted by atomic mass is 10.1. The molecule has 0 aliphatic rings. The molecule has 40 heavy (non-hydrogen) atoms. The Balaban J connectivity index is 0. The van der Waals surface area contributed by atoms with Gasteiger partial charge < -0.3 is 0 Å². The van der Waals surface area contributed by atoms with Gasteiger partial charge in [0.25, 0.3) is 10.0 Å². The summed E-state index contributed by atoms with van der Waals surface area (Å²) in [6.45, 7) is 9.38. The molecule has 0 rings (SSSR count). The minimum Gasteiger partial charge on any atom is -0.224 e. The Labute approximate surface area is 251 Å². The van der Waals surface area contributed by atoms with E-state index >= 15 is 0 Å². The molecule has 0 heterocycles. The Morgan fingerprint density at radius 2 is 0.625 bits per heavy atom. The summed E-state index contributed by atoms with van der Waals surface area (Å²) in [6.07, 6.45) is 42.1. The minimum atomic E-state index is -4.57. The first-order valence-electron chi connectivity index (χ1n) is 17.3. The van der Waals surface area contributed by atoms with Gasteiger partial charge in [0.2, 0.25) is 0 Å². The zero-order valence-corrected chi connectivity index (χ0v) is 29.1. The molecule has 0 saturated carbocycles. The van der Waals surface area contributed by atoms with Crippen molar-refractivity contribution in [1.29, 1.82) is 0 Å². The van der Waals surface area contributed by atoms with Crippen LogP contribution in [-0.2, 0) is 10.0 Å². The molecule has 0 aromatic heterocycles. The van der Waals surface area contributed by atoms with E-state index in [0.717, 1.165) is 0 Å². The summed E-state index contributed by atoms with van der Waals surface area (Å²) in [5.41, 5.74) is 0. The van der Waals surface area contributed by atoms with Crippen LogP contribution < -0.4 is 5.14 Å². The summed E-state index contributed by atoms with van der Waals surface area (Å²) >= 11 is 0. The average molecular weight is 615 g/mol. The smallest absolute Gasteiger partial charge is 0.224 e. The van der Waals surface area contributed by atoms with Crippen LogP contribution in [0.2, 0.25) is 0 Å². The van der Waals surface area contributed by atoms with Crippen LogP contribution in [0.15, 0.2) is 0 Å². The number of hydrogen-bond acceptors (Lipinski definition) is 2. The van der Waals surface area contributed by atoms with Gasteiger partial charge in [0.05, 0.1) is 24.6 Å². The molecule has 0 spiro atoms. The minimum absolute atomic E-state index is 0.718. The lowest BCUT2D eigenvalue weighted by Crippen LogP contribution is -2.20. The van der Waals surface area contributed by atoms with Crippen LogP contribution in [0, 0.1) is 0 Å². The van der Waals surface area contributed by atoms with E-state index in [4.69, 9.17) is 0 Å². The van der Waals surface area contributed by atoms with Crippen molar-refractivity contribution in [3.05, 3.63) is 0 Å². The van der Waals surface area contributed by atoms with Gasteiger partial charge >= 0.3 is 5.76 Å². The molecule has 0 saturated heterocycles. The fourth-order valence-electron chi connectivity index (χ4n) is 5.58. The number of nitrogens with two attached hydrogens (primary N) is 1. The van der Waals surface area contributed by atoms with Gasteiger partial charge in [0.15, 0.2) is 0 Å². The monoisotopic (exact) mass is 614 g/mol. The largest absolute Gasteiger partial charge is 0.350 e. The number of rotatable bonds is 29. The molecule has 0 bridgehead atoms. The van der Waals surface area contributed by atoms with Crippen LogP contribution in [0.3, 0.4) is 0 Å². The molecular weight excluding hydrogens is 543 g/mol. The number of hydrogen-bond donors (Lipinski definition) is 1. The standard InChI is InChI=1S/C32H68P.CH3F2NO2S/c1-5-9-13-17-21-25-29-33(30-26-22-18-14-10-6-2,31-27-23-19-15-11-7-3)32-28-24-20-16-12-8-4;2-1(3)7(4,5)6/h5-32H2,1-4H3;1H,(H2,4,5,6)/q+1;. The van der Waals surface area contributed by atoms with E-state index in [1.807, 2.05) is 0 Å². The van der Waals surface area contributed by atoms with Crippen molar-refractivity contribution in [3.63, 3.8) is 0 Å². The first-order valence-corrected chi connectivity index (χ1v) is 21.5. The Morgan fingerprint density at radius 1 is 0.450 bits per heavy atom. The van der Waals surface area contributed by atoms with Crippen molar-refractivity contribution in [2.24, 2.45) is 5.14 Å². The number of halogens is 2. The molecule has 2 N–H and O–H groups in total. The van der Waals surface area contributed by atoms with Gasteiger partial charge in [-0.05, 0) is 51.4 Å². The highest BCUT2D eigenvalue weighted by Crippen LogP contribution is 2.61. The van der Waals surface area contributed by atoms with E-state index in [9.17, 15) is 17.2 Å². The molecule has 0 atom stereocenters. The highest BCUT2D eigenvalue weighted by atomic mass is 32.2. The third kappa shape index (κ3) is 29.7. The summed E-state index contributed by atoms with van der Waals surface area (Å²) in [7, 11) is -5.29. The number of unbranched alkanes of at least 4 members (excludes halogenated alkanes) is 20. The van der Waals surface area contributed by atoms with E-state index in [2.05, 4.69) is 32.8 Å². The van der Waals surface area contributed by atoms with Gasteiger partial charge in [0.1, 0.15) is 0 Å². The van der Waals surface area contributed by atoms with Crippen molar-refractivity contribution in [3.8, 4) is 0 Å². The van der Waals surface area contributed by atoms with Crippen LogP contribution in [-0.4, -0.2) is 38.8 Å². The van der Waals surface area contributed by atoms with Crippen LogP contribution >= 0.6 is 7.26 Å². The van der Waals surface area contributed by atoms with Gasteiger partial charge in [-0.15, -0.1) is 0 Å². The molecule has 244 valence electrons. The Bertz CT molecular complexity index is 536. The molecule has 0 aromatic rings. The summed E-state index contributed by atoms with van der Waals surface area (Å²) in [5.74, 6) is -3.45. The van der Waals surface area contributed by atoms with E-state index in [1.54, 1.807) is 50.3 Å². The number of sulfonamides is 1. The third-order valence-corrected chi connectivity index (χ3v) is 13.7. The first-order chi connectivity index (χ1) is 19.2. The molecule has 0 radical (unpaired) electrons. The maximum atomic E-state index is 10.8. The highest BCUT2D eigenvalue weighted by Gasteiger charge is 2.35. The topological polar surface area (TPSA) is 60.2 Å². The molecule has 0 aliphatic carbocycles. The van der Waals surface area contributed by atoms with Gasteiger partial charge in [-0.1, -0.05) is 130 Å². The van der Waals surface area contributed by atoms with E-state index in [1.165, 1.54) is 128 Å². The van der Waals surface area contributed by atoms with Gasteiger partial charge in [-0.3, -0.25) is 0 Å². The summed E-state index contributed by atoms with van der Waals surface area (Å²) in [4.78, 5) is 0. The normalized spacial score (nSPS) is 12.1. The van der Waals surface area contributed by atoms with Crippen molar-refractivity contribution in [2.45, 2.75) is 188 Å². The summed E-state index contributed by atoms with van der Waals surface area (Å²) in [6, 6.07) is 0. The zero-order valence-electron chi connectivity index (χ0n) is 27.4. The lowest BCUT2D eigenvalue weighted by molar-refractivity contribution is 0.235. The number of primary sulfonamides is 1. The van der Waals surface area contributed by atoms with Crippen LogP contribution in [0.1, 0.15) is 182 Å². The lowest BCUT2D eigenvalue weighted by Gasteiger charge is -2.28. The fraction of sp³-hybridized carbons (Fsp3) is 1.00. The predicted molar refractivity (Wildman–Crippen MR) is 179 cm³/mol. The summed E-state index contributed by atoms with van der Waals surface area (Å²) in [5, 5.41) is 3.90. The molecule has 3 nitrogen and oxygen atoms in total. The highest BCUT2D eigenvalue weighted by molar-refractivity contribution is 7.89. The van der Waals surface area contributed by atoms with E-state index in [-0.39, 0.29) is 0 Å². The molecule has 0 amide bonds. The van der Waals surface area contributed by atoms with Crippen molar-refractivity contribution in [2.75, 3.05) is 24.6 Å². The Hall–Kier alpha value is 0.200. The maximum absolute atomic E-state index is 10.8. The fourth-order valence-corrected chi connectivity index (χ4v) is 10.5. The van der Waals surface area contributed by atoms with Crippen molar-refractivity contribution < 1.29 is 17.2 Å². The van der Waals surface area contributed by atoms with Crippen molar-refractivity contribution in [1.82, 2.24) is 0 Å². The predicted octanol–water partition coefficient (Wildman–Crippen LogP) is 11.9. The second-order valence-corrected chi connectivity index (χ2v) is 18.2. The van der Waals surface area contributed by atoms with E-state index in [0.29, 0.717) is 0 Å². The van der Waals surface area contributed by atoms with Gasteiger partial charge in [-0.25, -0.2) is 13.6 Å². The number of alkyl halides is 2. The average Bonchev–Trinajstić information content (AvgIpc) is 2.92. The molecule has 0 unspecified atom stereocenters. The zero-order chi connectivity index (χ0) is 30.4. The molecule has 0 aliphatic heterocycles. The SMILES string of the molecule is CCCCCCCC[P+](CCCCCCCC)(CCCCCCCC)CCCCCCCC.NS(=O)(=O)C(F)F. The first kappa shape index (κ1) is 42.3. The Morgan fingerprint density at radius 3 is 0.800 bits per heavy atom. The van der Waals surface area contributed by atoms with Crippen LogP contribution in [0.4, 0.5) is 8.78 Å². The summed E-state index contributed by atoms with van der Waals surface area (Å²) < 4.78 is 40.4. The van der Waals surface area contributed by atoms with Crippen LogP contribution in [0.5, 0.6) is 0 Å². The second kappa shape index (κ2) is 30.7. The third-order valence-electron chi connectivity index (χ3n) is 8.19. The van der Waals surface area contributed by atoms with Gasteiger partial charge in [-0.2, -0.15) is 8.78 Å². The maximum Gasteiger partial charge on any atom is 0.350 e.